The fourth-order valence-corrected chi connectivity index (χ4v) is 4.41. The van der Waals surface area contributed by atoms with E-state index in [9.17, 15) is 19.2 Å². The van der Waals surface area contributed by atoms with Gasteiger partial charge in [-0.3, -0.25) is 23.5 Å². The summed E-state index contributed by atoms with van der Waals surface area (Å²) in [5.74, 6) is 5.54. The molecule has 1 amide bonds. The molecular formula is C31H29ClN4O4. The van der Waals surface area contributed by atoms with E-state index >= 15 is 0 Å². The lowest BCUT2D eigenvalue weighted by atomic mass is 10.1. The standard InChI is InChI=1S/C31H29ClN4O4/c1-21-11-13-23(14-12-21)15-16-26(37)33-27-28(32)36(31(40)34(3)30(27)39)18-6-10-24-8-4-9-25(19-24)20-35-17-5-7-22(2)29(35)38/h4-5,7-9,11-14,17,19H,15-16,18,20H2,1-3H3,(H,33,37). The molecule has 0 bridgehead atoms. The van der Waals surface area contributed by atoms with Crippen molar-refractivity contribution in [2.45, 2.75) is 39.8 Å². The van der Waals surface area contributed by atoms with Crippen LogP contribution < -0.4 is 22.1 Å². The van der Waals surface area contributed by atoms with Gasteiger partial charge in [0.25, 0.3) is 11.1 Å². The fraction of sp³-hybridized carbons (Fsp3) is 0.226. The molecule has 4 aromatic rings. The molecule has 4 rings (SSSR count). The van der Waals surface area contributed by atoms with E-state index in [0.29, 0.717) is 24.1 Å². The minimum atomic E-state index is -0.693. The molecule has 2 heterocycles. The Labute approximate surface area is 236 Å². The second-order valence-electron chi connectivity index (χ2n) is 9.56. The third kappa shape index (κ3) is 6.68. The predicted octanol–water partition coefficient (Wildman–Crippen LogP) is 3.65. The highest BCUT2D eigenvalue weighted by atomic mass is 35.5. The first kappa shape index (κ1) is 28.4. The highest BCUT2D eigenvalue weighted by Crippen LogP contribution is 2.16. The number of carbonyl (C=O) groups is 1. The maximum absolute atomic E-state index is 12.8. The van der Waals surface area contributed by atoms with Crippen molar-refractivity contribution in [2.24, 2.45) is 7.05 Å². The second-order valence-corrected chi connectivity index (χ2v) is 9.92. The van der Waals surface area contributed by atoms with E-state index in [-0.39, 0.29) is 35.3 Å². The molecular weight excluding hydrogens is 528 g/mol. The van der Waals surface area contributed by atoms with Gasteiger partial charge >= 0.3 is 5.69 Å². The Bertz CT molecular complexity index is 1800. The summed E-state index contributed by atoms with van der Waals surface area (Å²) in [6, 6.07) is 18.9. The van der Waals surface area contributed by atoms with Gasteiger partial charge in [0.1, 0.15) is 10.8 Å². The zero-order valence-corrected chi connectivity index (χ0v) is 23.3. The number of amides is 1. The molecule has 0 unspecified atom stereocenters. The van der Waals surface area contributed by atoms with Crippen LogP contribution in [0.2, 0.25) is 5.15 Å². The van der Waals surface area contributed by atoms with Crippen molar-refractivity contribution in [1.29, 1.82) is 0 Å². The average molecular weight is 557 g/mol. The van der Waals surface area contributed by atoms with Crippen LogP contribution in [-0.4, -0.2) is 19.6 Å². The van der Waals surface area contributed by atoms with Crippen molar-refractivity contribution in [3.63, 3.8) is 0 Å². The lowest BCUT2D eigenvalue weighted by Gasteiger charge is -2.13. The van der Waals surface area contributed by atoms with Crippen LogP contribution in [0.3, 0.4) is 0 Å². The summed E-state index contributed by atoms with van der Waals surface area (Å²) in [5, 5.41) is 2.39. The quantitative estimate of drug-likeness (QED) is 0.278. The molecule has 0 fully saturated rings. The summed E-state index contributed by atoms with van der Waals surface area (Å²) in [4.78, 5) is 50.5. The van der Waals surface area contributed by atoms with Gasteiger partial charge in [0.2, 0.25) is 5.91 Å². The van der Waals surface area contributed by atoms with Gasteiger partial charge in [-0.15, -0.1) is 0 Å². The topological polar surface area (TPSA) is 95.1 Å². The molecule has 40 heavy (non-hydrogen) atoms. The van der Waals surface area contributed by atoms with Gasteiger partial charge in [-0.05, 0) is 49.6 Å². The van der Waals surface area contributed by atoms with Gasteiger partial charge in [0, 0.05) is 30.8 Å². The summed E-state index contributed by atoms with van der Waals surface area (Å²) in [6.07, 6.45) is 2.37. The Kier molecular flexibility index (Phi) is 8.87. The van der Waals surface area contributed by atoms with Crippen LogP contribution in [-0.2, 0) is 31.4 Å². The molecule has 1 N–H and O–H groups in total. The Balaban J connectivity index is 1.50. The predicted molar refractivity (Wildman–Crippen MR) is 157 cm³/mol. The number of hydrogen-bond donors (Lipinski definition) is 1. The first-order valence-electron chi connectivity index (χ1n) is 12.7. The lowest BCUT2D eigenvalue weighted by Crippen LogP contribution is -2.40. The van der Waals surface area contributed by atoms with Crippen molar-refractivity contribution in [2.75, 3.05) is 5.32 Å². The number of nitrogens with one attached hydrogen (secondary N) is 1. The van der Waals surface area contributed by atoms with Crippen molar-refractivity contribution in [1.82, 2.24) is 13.7 Å². The van der Waals surface area contributed by atoms with Crippen LogP contribution in [0.4, 0.5) is 5.69 Å². The lowest BCUT2D eigenvalue weighted by molar-refractivity contribution is -0.116. The van der Waals surface area contributed by atoms with Crippen LogP contribution in [0.25, 0.3) is 0 Å². The molecule has 0 atom stereocenters. The SMILES string of the molecule is Cc1ccc(CCC(=O)Nc2c(Cl)n(CC#Cc3cccc(Cn4cccc(C)c4=O)c3)c(=O)n(C)c2=O)cc1. The molecule has 2 aromatic carbocycles. The smallest absolute Gasteiger partial charge is 0.319 e. The number of nitrogens with zero attached hydrogens (tertiary/aromatic N) is 3. The molecule has 204 valence electrons. The zero-order chi connectivity index (χ0) is 28.8. The van der Waals surface area contributed by atoms with Gasteiger partial charge in [-0.25, -0.2) is 4.79 Å². The number of aromatic nitrogens is 3. The molecule has 0 aliphatic heterocycles. The summed E-state index contributed by atoms with van der Waals surface area (Å²) >= 11 is 6.43. The highest BCUT2D eigenvalue weighted by Gasteiger charge is 2.18. The van der Waals surface area contributed by atoms with Crippen LogP contribution in [0.15, 0.2) is 81.2 Å². The normalized spacial score (nSPS) is 10.6. The molecule has 0 radical (unpaired) electrons. The number of hydrogen-bond acceptors (Lipinski definition) is 4. The van der Waals surface area contributed by atoms with E-state index in [2.05, 4.69) is 17.2 Å². The zero-order valence-electron chi connectivity index (χ0n) is 22.5. The molecule has 2 aromatic heterocycles. The molecule has 0 saturated carbocycles. The maximum Gasteiger partial charge on any atom is 0.332 e. The van der Waals surface area contributed by atoms with Crippen LogP contribution >= 0.6 is 11.6 Å². The van der Waals surface area contributed by atoms with Crippen molar-refractivity contribution in [3.8, 4) is 11.8 Å². The Morgan fingerprint density at radius 3 is 2.45 bits per heavy atom. The van der Waals surface area contributed by atoms with Crippen molar-refractivity contribution >= 4 is 23.2 Å². The van der Waals surface area contributed by atoms with Gasteiger partial charge in [-0.2, -0.15) is 0 Å². The Morgan fingerprint density at radius 1 is 0.950 bits per heavy atom. The number of rotatable bonds is 7. The number of aryl methyl sites for hydroxylation is 3. The van der Waals surface area contributed by atoms with Crippen molar-refractivity contribution in [3.05, 3.63) is 131 Å². The molecule has 0 aliphatic rings. The molecule has 0 saturated heterocycles. The third-order valence-electron chi connectivity index (χ3n) is 6.47. The van der Waals surface area contributed by atoms with Gasteiger partial charge < -0.3 is 9.88 Å². The van der Waals surface area contributed by atoms with Crippen LogP contribution in [0.5, 0.6) is 0 Å². The number of benzene rings is 2. The minimum absolute atomic E-state index is 0.0549. The maximum atomic E-state index is 12.8. The number of anilines is 1. The molecule has 0 spiro atoms. The monoisotopic (exact) mass is 556 g/mol. The molecule has 9 heteroatoms. The summed E-state index contributed by atoms with van der Waals surface area (Å²) in [6.45, 7) is 4.06. The molecule has 8 nitrogen and oxygen atoms in total. The van der Waals surface area contributed by atoms with E-state index in [4.69, 9.17) is 11.6 Å². The van der Waals surface area contributed by atoms with E-state index in [1.54, 1.807) is 23.8 Å². The first-order chi connectivity index (χ1) is 19.1. The minimum Gasteiger partial charge on any atom is -0.319 e. The summed E-state index contributed by atoms with van der Waals surface area (Å²) in [5.41, 5.74) is 2.82. The van der Waals surface area contributed by atoms with Crippen LogP contribution in [0, 0.1) is 25.7 Å². The largest absolute Gasteiger partial charge is 0.332 e. The number of halogens is 1. The summed E-state index contributed by atoms with van der Waals surface area (Å²) < 4.78 is 3.66. The highest BCUT2D eigenvalue weighted by molar-refractivity contribution is 6.32. The third-order valence-corrected chi connectivity index (χ3v) is 6.86. The van der Waals surface area contributed by atoms with Crippen molar-refractivity contribution < 1.29 is 4.79 Å². The van der Waals surface area contributed by atoms with Crippen LogP contribution in [0.1, 0.15) is 34.2 Å². The van der Waals surface area contributed by atoms with Gasteiger partial charge in [0.05, 0.1) is 13.1 Å². The van der Waals surface area contributed by atoms with E-state index in [1.807, 2.05) is 61.5 Å². The second kappa shape index (κ2) is 12.5. The summed E-state index contributed by atoms with van der Waals surface area (Å²) in [7, 11) is 1.32. The fourth-order valence-electron chi connectivity index (χ4n) is 4.15. The molecule has 0 aliphatic carbocycles. The Hall–Kier alpha value is -4.61. The van der Waals surface area contributed by atoms with E-state index < -0.39 is 11.2 Å². The first-order valence-corrected chi connectivity index (χ1v) is 13.1. The van der Waals surface area contributed by atoms with E-state index in [0.717, 1.165) is 25.8 Å². The number of carbonyl (C=O) groups excluding carboxylic acids is 1. The Morgan fingerprint density at radius 2 is 1.70 bits per heavy atom. The average Bonchev–Trinajstić information content (AvgIpc) is 2.94. The number of pyridine rings is 1. The van der Waals surface area contributed by atoms with Gasteiger partial charge in [0.15, 0.2) is 0 Å². The van der Waals surface area contributed by atoms with Gasteiger partial charge in [-0.1, -0.05) is 71.5 Å². The van der Waals surface area contributed by atoms with E-state index in [1.165, 1.54) is 7.05 Å².